The predicted octanol–water partition coefficient (Wildman–Crippen LogP) is 4.72. The number of aliphatic hydroxyl groups excluding tert-OH is 1. The first-order valence-electron chi connectivity index (χ1n) is 7.23. The Morgan fingerprint density at radius 1 is 1.05 bits per heavy atom. The molecule has 0 radical (unpaired) electrons. The number of aliphatic hydroxyl groups is 1. The highest BCUT2D eigenvalue weighted by molar-refractivity contribution is 9.10. The Labute approximate surface area is 146 Å². The fraction of sp³-hybridized carbons (Fsp3) is 0.294. The molecule has 3 rings (SSSR count). The zero-order valence-corrected chi connectivity index (χ0v) is 15.4. The van der Waals surface area contributed by atoms with E-state index in [0.717, 1.165) is 20.0 Å². The maximum atomic E-state index is 10.2. The maximum absolute atomic E-state index is 10.2. The van der Waals surface area contributed by atoms with Crippen LogP contribution in [0.3, 0.4) is 0 Å². The minimum absolute atomic E-state index is 0.352. The van der Waals surface area contributed by atoms with Crippen LogP contribution >= 0.6 is 31.9 Å². The molecule has 0 saturated heterocycles. The Bertz CT molecular complexity index is 754. The number of nitrogens with zero attached hydrogens (tertiary/aromatic N) is 1. The van der Waals surface area contributed by atoms with Crippen molar-refractivity contribution >= 4 is 53.7 Å². The summed E-state index contributed by atoms with van der Waals surface area (Å²) in [6.07, 6.45) is -0.522. The molecule has 3 aromatic rings. The number of fused-ring (bicyclic) bond motifs is 3. The summed E-state index contributed by atoms with van der Waals surface area (Å²) in [5.41, 5.74) is 2.23. The van der Waals surface area contributed by atoms with Gasteiger partial charge in [-0.05, 0) is 43.3 Å². The SMILES string of the molecule is CCOCC(O)Cn1c2ccc(Br)cc2c2cc(Br)ccc21. The largest absolute Gasteiger partial charge is 0.389 e. The lowest BCUT2D eigenvalue weighted by molar-refractivity contribution is 0.0347. The molecule has 0 spiro atoms. The Balaban J connectivity index is 2.14. The van der Waals surface area contributed by atoms with Gasteiger partial charge in [0.05, 0.1) is 19.3 Å². The van der Waals surface area contributed by atoms with Gasteiger partial charge in [-0.2, -0.15) is 0 Å². The predicted molar refractivity (Wildman–Crippen MR) is 97.3 cm³/mol. The zero-order chi connectivity index (χ0) is 15.7. The molecule has 1 aromatic heterocycles. The second kappa shape index (κ2) is 6.71. The van der Waals surface area contributed by atoms with E-state index in [9.17, 15) is 5.11 Å². The molecule has 1 N–H and O–H groups in total. The van der Waals surface area contributed by atoms with Gasteiger partial charge in [-0.15, -0.1) is 0 Å². The first-order chi connectivity index (χ1) is 10.6. The minimum Gasteiger partial charge on any atom is -0.389 e. The van der Waals surface area contributed by atoms with Crippen LogP contribution in [0.5, 0.6) is 0 Å². The molecule has 1 unspecified atom stereocenters. The van der Waals surface area contributed by atoms with E-state index in [0.29, 0.717) is 19.8 Å². The first-order valence-corrected chi connectivity index (χ1v) is 8.81. The van der Waals surface area contributed by atoms with Gasteiger partial charge in [-0.25, -0.2) is 0 Å². The Kier molecular flexibility index (Phi) is 4.88. The molecule has 5 heteroatoms. The quantitative estimate of drug-likeness (QED) is 0.640. The van der Waals surface area contributed by atoms with E-state index in [2.05, 4.69) is 60.7 Å². The van der Waals surface area contributed by atoms with E-state index >= 15 is 0 Å². The Hall–Kier alpha value is -0.880. The summed E-state index contributed by atoms with van der Waals surface area (Å²) in [4.78, 5) is 0. The van der Waals surface area contributed by atoms with Gasteiger partial charge >= 0.3 is 0 Å². The smallest absolute Gasteiger partial charge is 0.0952 e. The fourth-order valence-electron chi connectivity index (χ4n) is 2.76. The van der Waals surface area contributed by atoms with Gasteiger partial charge in [0.1, 0.15) is 0 Å². The summed E-state index contributed by atoms with van der Waals surface area (Å²) >= 11 is 7.08. The highest BCUT2D eigenvalue weighted by Crippen LogP contribution is 2.33. The molecule has 0 aliphatic heterocycles. The van der Waals surface area contributed by atoms with Gasteiger partial charge in [0, 0.05) is 37.4 Å². The standard InChI is InChI=1S/C17H17Br2NO2/c1-2-22-10-13(21)9-20-16-5-3-11(18)7-14(16)15-8-12(19)4-6-17(15)20/h3-8,13,21H,2,9-10H2,1H3. The summed E-state index contributed by atoms with van der Waals surface area (Å²) in [6.45, 7) is 3.42. The van der Waals surface area contributed by atoms with Crippen LogP contribution in [0.2, 0.25) is 0 Å². The summed E-state index contributed by atoms with van der Waals surface area (Å²) in [7, 11) is 0. The van der Waals surface area contributed by atoms with E-state index in [1.807, 2.05) is 19.1 Å². The summed E-state index contributed by atoms with van der Waals surface area (Å²) in [5, 5.41) is 12.6. The number of halogens is 2. The second-order valence-corrected chi connectivity index (χ2v) is 7.08. The molecule has 0 aliphatic rings. The third-order valence-electron chi connectivity index (χ3n) is 3.70. The van der Waals surface area contributed by atoms with Crippen molar-refractivity contribution in [1.82, 2.24) is 4.57 Å². The summed E-state index contributed by atoms with van der Waals surface area (Å²) in [6, 6.07) is 12.5. The third kappa shape index (κ3) is 3.08. The molecule has 0 amide bonds. The normalized spacial score (nSPS) is 13.1. The van der Waals surface area contributed by atoms with Crippen LogP contribution in [0, 0.1) is 0 Å². The molecule has 2 aromatic carbocycles. The van der Waals surface area contributed by atoms with Crippen LogP contribution in [-0.2, 0) is 11.3 Å². The number of rotatable bonds is 5. The zero-order valence-electron chi connectivity index (χ0n) is 12.2. The van der Waals surface area contributed by atoms with Crippen molar-refractivity contribution in [3.05, 3.63) is 45.3 Å². The lowest BCUT2D eigenvalue weighted by atomic mass is 10.2. The molecule has 0 fully saturated rings. The lowest BCUT2D eigenvalue weighted by Gasteiger charge is -2.14. The maximum Gasteiger partial charge on any atom is 0.0952 e. The van der Waals surface area contributed by atoms with Crippen LogP contribution in [0.15, 0.2) is 45.3 Å². The van der Waals surface area contributed by atoms with Crippen LogP contribution in [0.4, 0.5) is 0 Å². The van der Waals surface area contributed by atoms with E-state index in [-0.39, 0.29) is 0 Å². The third-order valence-corrected chi connectivity index (χ3v) is 4.68. The Morgan fingerprint density at radius 2 is 1.59 bits per heavy atom. The van der Waals surface area contributed by atoms with Gasteiger partial charge in [0.25, 0.3) is 0 Å². The molecule has 1 heterocycles. The molecule has 22 heavy (non-hydrogen) atoms. The average molecular weight is 427 g/mol. The molecule has 116 valence electrons. The molecular weight excluding hydrogens is 410 g/mol. The number of hydrogen-bond donors (Lipinski definition) is 1. The Morgan fingerprint density at radius 3 is 2.09 bits per heavy atom. The monoisotopic (exact) mass is 425 g/mol. The van der Waals surface area contributed by atoms with E-state index < -0.39 is 6.10 Å². The first kappa shape index (κ1) is 16.0. The number of aromatic nitrogens is 1. The number of hydrogen-bond acceptors (Lipinski definition) is 2. The van der Waals surface area contributed by atoms with Gasteiger partial charge in [-0.1, -0.05) is 31.9 Å². The van der Waals surface area contributed by atoms with Crippen molar-refractivity contribution < 1.29 is 9.84 Å². The second-order valence-electron chi connectivity index (χ2n) is 5.25. The number of ether oxygens (including phenoxy) is 1. The summed E-state index contributed by atoms with van der Waals surface area (Å²) in [5.74, 6) is 0. The van der Waals surface area contributed by atoms with E-state index in [1.165, 1.54) is 10.8 Å². The highest BCUT2D eigenvalue weighted by atomic mass is 79.9. The van der Waals surface area contributed by atoms with Crippen molar-refractivity contribution in [2.24, 2.45) is 0 Å². The van der Waals surface area contributed by atoms with Crippen molar-refractivity contribution in [3.8, 4) is 0 Å². The molecule has 0 saturated carbocycles. The fourth-order valence-corrected chi connectivity index (χ4v) is 3.48. The van der Waals surface area contributed by atoms with Crippen molar-refractivity contribution in [3.63, 3.8) is 0 Å². The molecule has 0 bridgehead atoms. The van der Waals surface area contributed by atoms with Gasteiger partial charge < -0.3 is 14.4 Å². The van der Waals surface area contributed by atoms with Gasteiger partial charge in [0.2, 0.25) is 0 Å². The average Bonchev–Trinajstić information content (AvgIpc) is 2.78. The molecule has 1 atom stereocenters. The summed E-state index contributed by atoms with van der Waals surface area (Å²) < 4.78 is 9.59. The highest BCUT2D eigenvalue weighted by Gasteiger charge is 2.14. The van der Waals surface area contributed by atoms with Crippen LogP contribution in [0.1, 0.15) is 6.92 Å². The van der Waals surface area contributed by atoms with Crippen LogP contribution in [0.25, 0.3) is 21.8 Å². The van der Waals surface area contributed by atoms with E-state index in [4.69, 9.17) is 4.74 Å². The molecular formula is C17H17Br2NO2. The van der Waals surface area contributed by atoms with Gasteiger partial charge in [-0.3, -0.25) is 0 Å². The molecule has 3 nitrogen and oxygen atoms in total. The topological polar surface area (TPSA) is 34.4 Å². The van der Waals surface area contributed by atoms with Crippen LogP contribution in [-0.4, -0.2) is 29.0 Å². The lowest BCUT2D eigenvalue weighted by Crippen LogP contribution is -2.21. The van der Waals surface area contributed by atoms with Gasteiger partial charge in [0.15, 0.2) is 0 Å². The van der Waals surface area contributed by atoms with Crippen molar-refractivity contribution in [2.75, 3.05) is 13.2 Å². The molecule has 0 aliphatic carbocycles. The van der Waals surface area contributed by atoms with Crippen LogP contribution < -0.4 is 0 Å². The van der Waals surface area contributed by atoms with Crippen molar-refractivity contribution in [1.29, 1.82) is 0 Å². The minimum atomic E-state index is -0.522. The number of benzene rings is 2. The van der Waals surface area contributed by atoms with E-state index in [1.54, 1.807) is 0 Å². The van der Waals surface area contributed by atoms with Crippen molar-refractivity contribution in [2.45, 2.75) is 19.6 Å².